The van der Waals surface area contributed by atoms with Gasteiger partial charge in [0.2, 0.25) is 0 Å². The van der Waals surface area contributed by atoms with Gasteiger partial charge in [-0.2, -0.15) is 0 Å². The number of quaternary nitrogens is 1. The number of ether oxygens (including phenoxy) is 2. The molecule has 3 rings (SSSR count). The van der Waals surface area contributed by atoms with E-state index < -0.39 is 0 Å². The molecule has 0 radical (unpaired) electrons. The van der Waals surface area contributed by atoms with Crippen molar-refractivity contribution in [2.75, 3.05) is 33.9 Å². The Labute approximate surface area is 139 Å². The molecule has 0 bridgehead atoms. The third-order valence-corrected chi connectivity index (χ3v) is 5.76. The highest BCUT2D eigenvalue weighted by Crippen LogP contribution is 2.36. The lowest BCUT2D eigenvalue weighted by atomic mass is 9.82. The summed E-state index contributed by atoms with van der Waals surface area (Å²) in [6.45, 7) is 3.13. The Morgan fingerprint density at radius 2 is 1.87 bits per heavy atom. The number of benzene rings is 1. The van der Waals surface area contributed by atoms with Crippen LogP contribution in [-0.2, 0) is 4.74 Å². The quantitative estimate of drug-likeness (QED) is 0.631. The first-order chi connectivity index (χ1) is 11.1. The Balaban J connectivity index is 1.59. The minimum Gasteiger partial charge on any atom is -0.497 e. The SMILES string of the molecule is COc1ccc(C(=O)OC[C@@H]2CCC[N+]3(C)CCCC[C@H]23)cc1. The number of esters is 1. The molecule has 4 heteroatoms. The van der Waals surface area contributed by atoms with Crippen LogP contribution >= 0.6 is 0 Å². The second-order valence-corrected chi connectivity index (χ2v) is 7.22. The molecule has 2 heterocycles. The first kappa shape index (κ1) is 16.3. The first-order valence-corrected chi connectivity index (χ1v) is 8.78. The summed E-state index contributed by atoms with van der Waals surface area (Å²) in [6.07, 6.45) is 6.38. The molecule has 0 spiro atoms. The zero-order valence-electron chi connectivity index (χ0n) is 14.3. The van der Waals surface area contributed by atoms with Crippen LogP contribution in [-0.4, -0.2) is 50.3 Å². The van der Waals surface area contributed by atoms with Crippen LogP contribution < -0.4 is 4.74 Å². The number of methoxy groups -OCH3 is 1. The van der Waals surface area contributed by atoms with E-state index in [0.717, 1.165) is 5.75 Å². The van der Waals surface area contributed by atoms with Crippen molar-refractivity contribution in [3.63, 3.8) is 0 Å². The van der Waals surface area contributed by atoms with Gasteiger partial charge in [-0.1, -0.05) is 0 Å². The van der Waals surface area contributed by atoms with Gasteiger partial charge in [-0.15, -0.1) is 0 Å². The summed E-state index contributed by atoms with van der Waals surface area (Å²) >= 11 is 0. The fourth-order valence-electron chi connectivity index (χ4n) is 4.42. The van der Waals surface area contributed by atoms with Gasteiger partial charge in [0.05, 0.1) is 38.9 Å². The van der Waals surface area contributed by atoms with Gasteiger partial charge in [0.25, 0.3) is 0 Å². The molecule has 0 N–H and O–H groups in total. The van der Waals surface area contributed by atoms with E-state index in [2.05, 4.69) is 7.05 Å². The van der Waals surface area contributed by atoms with Crippen molar-refractivity contribution < 1.29 is 18.8 Å². The van der Waals surface area contributed by atoms with E-state index in [0.29, 0.717) is 24.1 Å². The van der Waals surface area contributed by atoms with Crippen LogP contribution in [0.3, 0.4) is 0 Å². The molecule has 2 fully saturated rings. The fraction of sp³-hybridized carbons (Fsp3) is 0.632. The number of carbonyl (C=O) groups is 1. The van der Waals surface area contributed by atoms with E-state index in [1.165, 1.54) is 49.7 Å². The second kappa shape index (κ2) is 6.91. The van der Waals surface area contributed by atoms with Crippen LogP contribution in [0.2, 0.25) is 0 Å². The normalized spacial score (nSPS) is 30.3. The summed E-state index contributed by atoms with van der Waals surface area (Å²) in [5.41, 5.74) is 0.600. The molecule has 1 unspecified atom stereocenters. The summed E-state index contributed by atoms with van der Waals surface area (Å²) in [6, 6.07) is 7.80. The predicted molar refractivity (Wildman–Crippen MR) is 89.6 cm³/mol. The Hall–Kier alpha value is -1.55. The summed E-state index contributed by atoms with van der Waals surface area (Å²) in [5, 5.41) is 0. The minimum atomic E-state index is -0.219. The van der Waals surface area contributed by atoms with Crippen LogP contribution in [0.4, 0.5) is 0 Å². The molecule has 2 aliphatic heterocycles. The summed E-state index contributed by atoms with van der Waals surface area (Å²) in [5.74, 6) is 1.04. The van der Waals surface area contributed by atoms with Gasteiger partial charge in [0.15, 0.2) is 0 Å². The van der Waals surface area contributed by atoms with Crippen LogP contribution in [0.5, 0.6) is 5.75 Å². The summed E-state index contributed by atoms with van der Waals surface area (Å²) in [4.78, 5) is 12.3. The molecular formula is C19H28NO3+. The van der Waals surface area contributed by atoms with Gasteiger partial charge >= 0.3 is 5.97 Å². The monoisotopic (exact) mass is 318 g/mol. The average Bonchev–Trinajstić information content (AvgIpc) is 2.59. The van der Waals surface area contributed by atoms with Gasteiger partial charge in [0, 0.05) is 12.3 Å². The lowest BCUT2D eigenvalue weighted by Gasteiger charge is -2.51. The molecule has 1 aromatic rings. The van der Waals surface area contributed by atoms with E-state index in [-0.39, 0.29) is 5.97 Å². The summed E-state index contributed by atoms with van der Waals surface area (Å²) in [7, 11) is 4.01. The lowest BCUT2D eigenvalue weighted by molar-refractivity contribution is -0.947. The maximum Gasteiger partial charge on any atom is 0.338 e. The number of fused-ring (bicyclic) bond motifs is 1. The number of carbonyl (C=O) groups excluding carboxylic acids is 1. The number of rotatable bonds is 4. The number of nitrogens with zero attached hydrogens (tertiary/aromatic N) is 1. The topological polar surface area (TPSA) is 35.5 Å². The molecule has 0 aliphatic carbocycles. The average molecular weight is 318 g/mol. The number of hydrogen-bond acceptors (Lipinski definition) is 3. The third-order valence-electron chi connectivity index (χ3n) is 5.76. The van der Waals surface area contributed by atoms with Crippen LogP contribution in [0.1, 0.15) is 42.5 Å². The molecular weight excluding hydrogens is 290 g/mol. The Morgan fingerprint density at radius 3 is 2.61 bits per heavy atom. The van der Waals surface area contributed by atoms with Gasteiger partial charge < -0.3 is 14.0 Å². The van der Waals surface area contributed by atoms with Crippen molar-refractivity contribution >= 4 is 5.97 Å². The molecule has 1 aromatic carbocycles. The van der Waals surface area contributed by atoms with E-state index in [1.807, 2.05) is 0 Å². The molecule has 2 saturated heterocycles. The molecule has 23 heavy (non-hydrogen) atoms. The predicted octanol–water partition coefficient (Wildman–Crippen LogP) is 3.26. The zero-order chi connectivity index (χ0) is 16.3. The molecule has 3 atom stereocenters. The summed E-state index contributed by atoms with van der Waals surface area (Å²) < 4.78 is 12.0. The van der Waals surface area contributed by atoms with Crippen molar-refractivity contribution in [3.8, 4) is 5.75 Å². The largest absolute Gasteiger partial charge is 0.497 e. The Kier molecular flexibility index (Phi) is 4.90. The number of piperidine rings is 2. The van der Waals surface area contributed by atoms with E-state index in [4.69, 9.17) is 9.47 Å². The first-order valence-electron chi connectivity index (χ1n) is 8.78. The van der Waals surface area contributed by atoms with Gasteiger partial charge in [-0.25, -0.2) is 4.79 Å². The highest BCUT2D eigenvalue weighted by atomic mass is 16.5. The smallest absolute Gasteiger partial charge is 0.338 e. The highest BCUT2D eigenvalue weighted by Gasteiger charge is 2.43. The Morgan fingerprint density at radius 1 is 1.13 bits per heavy atom. The maximum atomic E-state index is 12.3. The molecule has 0 aromatic heterocycles. The molecule has 4 nitrogen and oxygen atoms in total. The standard InChI is InChI=1S/C19H28NO3/c1-20-12-4-3-7-18(20)16(6-5-13-20)14-23-19(21)15-8-10-17(22-2)11-9-15/h8-11,16,18H,3-7,12-14H2,1-2H3/q+1/t16-,18+,20?/m0/s1. The van der Waals surface area contributed by atoms with E-state index in [9.17, 15) is 4.79 Å². The number of hydrogen-bond donors (Lipinski definition) is 0. The second-order valence-electron chi connectivity index (χ2n) is 7.22. The van der Waals surface area contributed by atoms with E-state index in [1.54, 1.807) is 31.4 Å². The molecule has 2 aliphatic rings. The van der Waals surface area contributed by atoms with Crippen molar-refractivity contribution in [1.29, 1.82) is 0 Å². The lowest BCUT2D eigenvalue weighted by Crippen LogP contribution is -2.61. The van der Waals surface area contributed by atoms with Crippen LogP contribution in [0.25, 0.3) is 0 Å². The van der Waals surface area contributed by atoms with Gasteiger partial charge in [-0.3, -0.25) is 0 Å². The van der Waals surface area contributed by atoms with Crippen molar-refractivity contribution in [3.05, 3.63) is 29.8 Å². The minimum absolute atomic E-state index is 0.219. The van der Waals surface area contributed by atoms with Crippen LogP contribution in [0.15, 0.2) is 24.3 Å². The maximum absolute atomic E-state index is 12.3. The van der Waals surface area contributed by atoms with E-state index >= 15 is 0 Å². The molecule has 126 valence electrons. The highest BCUT2D eigenvalue weighted by molar-refractivity contribution is 5.89. The Bertz CT molecular complexity index is 538. The molecule has 0 saturated carbocycles. The van der Waals surface area contributed by atoms with Crippen molar-refractivity contribution in [2.24, 2.45) is 5.92 Å². The van der Waals surface area contributed by atoms with Crippen LogP contribution in [0, 0.1) is 5.92 Å². The van der Waals surface area contributed by atoms with Crippen molar-refractivity contribution in [2.45, 2.75) is 38.1 Å². The zero-order valence-corrected chi connectivity index (χ0v) is 14.3. The van der Waals surface area contributed by atoms with Gasteiger partial charge in [0.1, 0.15) is 12.4 Å². The van der Waals surface area contributed by atoms with Crippen molar-refractivity contribution in [1.82, 2.24) is 0 Å². The third kappa shape index (κ3) is 3.52. The fourth-order valence-corrected chi connectivity index (χ4v) is 4.42. The van der Waals surface area contributed by atoms with Gasteiger partial charge in [-0.05, 0) is 49.9 Å². The molecule has 0 amide bonds.